The Morgan fingerprint density at radius 1 is 0.818 bits per heavy atom. The minimum absolute atomic E-state index is 0.301. The van der Waals surface area contributed by atoms with Crippen molar-refractivity contribution >= 4 is 0 Å². The minimum Gasteiger partial charge on any atom is -0.468 e. The highest BCUT2D eigenvalue weighted by Gasteiger charge is 2.20. The first-order valence-electron chi connectivity index (χ1n) is 7.70. The Morgan fingerprint density at radius 2 is 1.41 bits per heavy atom. The molecule has 3 aromatic rings. The molecule has 3 rings (SSSR count). The van der Waals surface area contributed by atoms with E-state index < -0.39 is 0 Å². The van der Waals surface area contributed by atoms with E-state index in [9.17, 15) is 0 Å². The van der Waals surface area contributed by atoms with E-state index in [2.05, 4.69) is 72.9 Å². The molecule has 0 bridgehead atoms. The molecular formula is C20H21NO. The van der Waals surface area contributed by atoms with E-state index >= 15 is 0 Å². The van der Waals surface area contributed by atoms with Gasteiger partial charge in [0.2, 0.25) is 0 Å². The second kappa shape index (κ2) is 7.10. The molecule has 22 heavy (non-hydrogen) atoms. The van der Waals surface area contributed by atoms with Gasteiger partial charge in [-0.25, -0.2) is 0 Å². The zero-order valence-corrected chi connectivity index (χ0v) is 12.8. The van der Waals surface area contributed by atoms with Gasteiger partial charge in [-0.15, -0.1) is 0 Å². The predicted molar refractivity (Wildman–Crippen MR) is 89.7 cm³/mol. The van der Waals surface area contributed by atoms with Crippen molar-refractivity contribution in [2.45, 2.75) is 25.4 Å². The largest absolute Gasteiger partial charge is 0.468 e. The summed E-state index contributed by atoms with van der Waals surface area (Å²) in [6.45, 7) is 2.97. The van der Waals surface area contributed by atoms with Crippen LogP contribution in [0, 0.1) is 0 Å². The molecule has 2 aromatic carbocycles. The van der Waals surface area contributed by atoms with E-state index in [4.69, 9.17) is 4.42 Å². The van der Waals surface area contributed by atoms with Crippen LogP contribution in [0.1, 0.15) is 29.7 Å². The normalized spacial score (nSPS) is 12.5. The van der Waals surface area contributed by atoms with Gasteiger partial charge >= 0.3 is 0 Å². The van der Waals surface area contributed by atoms with Crippen molar-refractivity contribution in [2.75, 3.05) is 0 Å². The van der Waals surface area contributed by atoms with Crippen LogP contribution in [-0.4, -0.2) is 6.04 Å². The van der Waals surface area contributed by atoms with Crippen LogP contribution in [0.25, 0.3) is 0 Å². The van der Waals surface area contributed by atoms with Crippen molar-refractivity contribution in [3.05, 3.63) is 95.9 Å². The van der Waals surface area contributed by atoms with Crippen LogP contribution in [0.4, 0.5) is 0 Å². The van der Waals surface area contributed by atoms with Gasteiger partial charge in [-0.3, -0.25) is 0 Å². The summed E-state index contributed by atoms with van der Waals surface area (Å²) in [7, 11) is 0. The van der Waals surface area contributed by atoms with Crippen LogP contribution >= 0.6 is 0 Å². The Morgan fingerprint density at radius 3 is 1.91 bits per heavy atom. The van der Waals surface area contributed by atoms with E-state index in [1.54, 1.807) is 6.26 Å². The first-order chi connectivity index (χ1) is 10.8. The molecule has 0 spiro atoms. The van der Waals surface area contributed by atoms with Gasteiger partial charge in [0.05, 0.1) is 12.8 Å². The second-order valence-corrected chi connectivity index (χ2v) is 5.55. The standard InChI is InChI=1S/C20H21NO/c1-16(21-15-19-13-8-14-22-19)20(17-9-4-2-5-10-17)18-11-6-3-7-12-18/h2-14,16,20-21H,15H2,1H3. The second-order valence-electron chi connectivity index (χ2n) is 5.55. The minimum atomic E-state index is 0.301. The maximum atomic E-state index is 5.41. The highest BCUT2D eigenvalue weighted by atomic mass is 16.3. The lowest BCUT2D eigenvalue weighted by molar-refractivity contribution is 0.437. The molecule has 0 saturated heterocycles. The van der Waals surface area contributed by atoms with Crippen LogP contribution < -0.4 is 5.32 Å². The third-order valence-corrected chi connectivity index (χ3v) is 4.00. The summed E-state index contributed by atoms with van der Waals surface area (Å²) >= 11 is 0. The summed E-state index contributed by atoms with van der Waals surface area (Å²) < 4.78 is 5.41. The van der Waals surface area contributed by atoms with Crippen molar-refractivity contribution < 1.29 is 4.42 Å². The predicted octanol–water partition coefficient (Wildman–Crippen LogP) is 4.59. The third-order valence-electron chi connectivity index (χ3n) is 4.00. The number of hydrogen-bond acceptors (Lipinski definition) is 2. The van der Waals surface area contributed by atoms with Crippen molar-refractivity contribution in [2.24, 2.45) is 0 Å². The van der Waals surface area contributed by atoms with Crippen LogP contribution in [0.3, 0.4) is 0 Å². The topological polar surface area (TPSA) is 25.2 Å². The molecular weight excluding hydrogens is 270 g/mol. The van der Waals surface area contributed by atoms with E-state index in [-0.39, 0.29) is 0 Å². The van der Waals surface area contributed by atoms with Crippen molar-refractivity contribution in [3.63, 3.8) is 0 Å². The number of rotatable bonds is 6. The molecule has 112 valence electrons. The average molecular weight is 291 g/mol. The number of nitrogens with one attached hydrogen (secondary N) is 1. The summed E-state index contributed by atoms with van der Waals surface area (Å²) in [5, 5.41) is 3.59. The first-order valence-corrected chi connectivity index (χ1v) is 7.70. The highest BCUT2D eigenvalue weighted by molar-refractivity contribution is 5.34. The van der Waals surface area contributed by atoms with E-state index in [1.165, 1.54) is 11.1 Å². The Hall–Kier alpha value is -2.32. The molecule has 0 fully saturated rings. The molecule has 1 unspecified atom stereocenters. The molecule has 1 heterocycles. The highest BCUT2D eigenvalue weighted by Crippen LogP contribution is 2.28. The summed E-state index contributed by atoms with van der Waals surface area (Å²) in [6, 6.07) is 25.5. The third kappa shape index (κ3) is 3.46. The Labute approximate surface area is 131 Å². The van der Waals surface area contributed by atoms with Crippen LogP contribution in [0.15, 0.2) is 83.5 Å². The Balaban J connectivity index is 1.82. The molecule has 2 nitrogen and oxygen atoms in total. The van der Waals surface area contributed by atoms with Crippen molar-refractivity contribution in [1.29, 1.82) is 0 Å². The zero-order chi connectivity index (χ0) is 15.2. The van der Waals surface area contributed by atoms with Crippen molar-refractivity contribution in [1.82, 2.24) is 5.32 Å². The van der Waals surface area contributed by atoms with Gasteiger partial charge in [0.15, 0.2) is 0 Å². The van der Waals surface area contributed by atoms with Gasteiger partial charge in [0.1, 0.15) is 5.76 Å². The molecule has 1 atom stereocenters. The van der Waals surface area contributed by atoms with E-state index in [0.29, 0.717) is 12.0 Å². The molecule has 2 heteroatoms. The van der Waals surface area contributed by atoms with Gasteiger partial charge in [-0.1, -0.05) is 60.7 Å². The first kappa shape index (κ1) is 14.6. The Kier molecular flexibility index (Phi) is 4.71. The van der Waals surface area contributed by atoms with Crippen LogP contribution in [-0.2, 0) is 6.54 Å². The smallest absolute Gasteiger partial charge is 0.117 e. The van der Waals surface area contributed by atoms with Crippen LogP contribution in [0.5, 0.6) is 0 Å². The summed E-state index contributed by atoms with van der Waals surface area (Å²) in [6.07, 6.45) is 1.72. The van der Waals surface area contributed by atoms with E-state index in [0.717, 1.165) is 12.3 Å². The van der Waals surface area contributed by atoms with Gasteiger partial charge in [-0.2, -0.15) is 0 Å². The molecule has 0 aliphatic carbocycles. The monoisotopic (exact) mass is 291 g/mol. The average Bonchev–Trinajstić information content (AvgIpc) is 3.09. The molecule has 0 amide bonds. The lowest BCUT2D eigenvalue weighted by Gasteiger charge is -2.26. The Bertz CT molecular complexity index is 622. The molecule has 0 radical (unpaired) electrons. The molecule has 0 aliphatic heterocycles. The van der Waals surface area contributed by atoms with Crippen LogP contribution in [0.2, 0.25) is 0 Å². The molecule has 1 N–H and O–H groups in total. The SMILES string of the molecule is CC(NCc1ccco1)C(c1ccccc1)c1ccccc1. The number of furan rings is 1. The molecule has 1 aromatic heterocycles. The molecule has 0 saturated carbocycles. The van der Waals surface area contributed by atoms with E-state index in [1.807, 2.05) is 12.1 Å². The maximum Gasteiger partial charge on any atom is 0.117 e. The van der Waals surface area contributed by atoms with Gasteiger partial charge in [0.25, 0.3) is 0 Å². The number of hydrogen-bond donors (Lipinski definition) is 1. The number of benzene rings is 2. The fourth-order valence-electron chi connectivity index (χ4n) is 2.88. The quantitative estimate of drug-likeness (QED) is 0.718. The van der Waals surface area contributed by atoms with Crippen molar-refractivity contribution in [3.8, 4) is 0 Å². The fourth-order valence-corrected chi connectivity index (χ4v) is 2.88. The summed E-state index contributed by atoms with van der Waals surface area (Å²) in [5.41, 5.74) is 2.65. The lowest BCUT2D eigenvalue weighted by atomic mass is 9.86. The zero-order valence-electron chi connectivity index (χ0n) is 12.8. The fraction of sp³-hybridized carbons (Fsp3) is 0.200. The maximum absolute atomic E-state index is 5.41. The van der Waals surface area contributed by atoms with Gasteiger partial charge in [-0.05, 0) is 30.2 Å². The summed E-state index contributed by atoms with van der Waals surface area (Å²) in [5.74, 6) is 1.28. The lowest BCUT2D eigenvalue weighted by Crippen LogP contribution is -2.32. The van der Waals surface area contributed by atoms with Gasteiger partial charge in [0, 0.05) is 12.0 Å². The molecule has 0 aliphatic rings. The summed E-state index contributed by atoms with van der Waals surface area (Å²) in [4.78, 5) is 0. The van der Waals surface area contributed by atoms with Gasteiger partial charge < -0.3 is 9.73 Å².